The Kier molecular flexibility index (Phi) is 9.10. The minimum absolute atomic E-state index is 0.242. The molecule has 7 nitrogen and oxygen atoms in total. The summed E-state index contributed by atoms with van der Waals surface area (Å²) >= 11 is 7.17. The van der Waals surface area contributed by atoms with Crippen LogP contribution in [0.5, 0.6) is 11.5 Å². The number of methoxy groups -OCH3 is 2. The Bertz CT molecular complexity index is 1810. The summed E-state index contributed by atoms with van der Waals surface area (Å²) in [5, 5.41) is 0. The van der Waals surface area contributed by atoms with E-state index in [4.69, 9.17) is 19.2 Å². The van der Waals surface area contributed by atoms with Crippen molar-refractivity contribution in [2.24, 2.45) is 4.99 Å². The summed E-state index contributed by atoms with van der Waals surface area (Å²) in [5.74, 6) is 0.611. The van der Waals surface area contributed by atoms with Crippen molar-refractivity contribution in [2.75, 3.05) is 14.2 Å². The lowest BCUT2D eigenvalue weighted by Gasteiger charge is -2.25. The van der Waals surface area contributed by atoms with E-state index in [1.165, 1.54) is 18.4 Å². The second kappa shape index (κ2) is 12.7. The number of fused-ring (bicyclic) bond motifs is 1. The van der Waals surface area contributed by atoms with E-state index in [0.29, 0.717) is 49.6 Å². The molecular weight excluding hydrogens is 719 g/mol. The Morgan fingerprint density at radius 1 is 1.12 bits per heavy atom. The van der Waals surface area contributed by atoms with Gasteiger partial charge in [-0.25, -0.2) is 9.79 Å². The van der Waals surface area contributed by atoms with Gasteiger partial charge in [0.1, 0.15) is 6.61 Å². The van der Waals surface area contributed by atoms with Gasteiger partial charge in [0.15, 0.2) is 16.3 Å². The average Bonchev–Trinajstić information content (AvgIpc) is 3.30. The monoisotopic (exact) mass is 744 g/mol. The number of hydrogen-bond acceptors (Lipinski definition) is 7. The highest BCUT2D eigenvalue weighted by Gasteiger charge is 2.33. The molecule has 1 aliphatic rings. The largest absolute Gasteiger partial charge is 0.493 e. The number of ether oxygens (including phenoxy) is 3. The molecule has 0 bridgehead atoms. The van der Waals surface area contributed by atoms with Gasteiger partial charge in [0, 0.05) is 3.57 Å². The standard InChI is InChI=1S/C31H26BrIN2O5S/c1-4-23-26(30(37)39-3)27(20-8-6-5-7-9-20)35-29(36)25(41-31(35)34-23)16-19-14-22(32)28(24(15-19)38-2)40-17-18-10-12-21(33)13-11-18/h5-16,27H,4,17H2,1-3H3/b25-16-/t27-/m0/s1. The molecule has 0 N–H and O–H groups in total. The highest BCUT2D eigenvalue weighted by Crippen LogP contribution is 2.37. The third-order valence-electron chi connectivity index (χ3n) is 6.61. The van der Waals surface area contributed by atoms with E-state index in [1.807, 2.05) is 73.7 Å². The highest BCUT2D eigenvalue weighted by atomic mass is 127. The molecule has 0 aliphatic carbocycles. The molecular formula is C31H26BrIN2O5S. The van der Waals surface area contributed by atoms with Gasteiger partial charge < -0.3 is 14.2 Å². The molecule has 0 saturated carbocycles. The zero-order chi connectivity index (χ0) is 29.1. The summed E-state index contributed by atoms with van der Waals surface area (Å²) in [6.07, 6.45) is 2.32. The van der Waals surface area contributed by atoms with Crippen LogP contribution in [0, 0.1) is 3.57 Å². The van der Waals surface area contributed by atoms with Crippen LogP contribution in [-0.2, 0) is 16.1 Å². The summed E-state index contributed by atoms with van der Waals surface area (Å²) in [6.45, 7) is 2.32. The Morgan fingerprint density at radius 3 is 2.51 bits per heavy atom. The van der Waals surface area contributed by atoms with Crippen LogP contribution in [0.15, 0.2) is 92.3 Å². The average molecular weight is 745 g/mol. The summed E-state index contributed by atoms with van der Waals surface area (Å²) in [5.41, 5.74) is 3.33. The van der Waals surface area contributed by atoms with E-state index < -0.39 is 12.0 Å². The van der Waals surface area contributed by atoms with Crippen molar-refractivity contribution < 1.29 is 19.0 Å². The van der Waals surface area contributed by atoms with E-state index in [0.717, 1.165) is 20.3 Å². The quantitative estimate of drug-likeness (QED) is 0.170. The van der Waals surface area contributed by atoms with Crippen LogP contribution in [0.25, 0.3) is 6.08 Å². The Hall–Kier alpha value is -3.22. The summed E-state index contributed by atoms with van der Waals surface area (Å²) < 4.78 is 20.8. The molecule has 4 aromatic rings. The van der Waals surface area contributed by atoms with Crippen LogP contribution >= 0.6 is 49.9 Å². The zero-order valence-corrected chi connectivity index (χ0v) is 27.1. The van der Waals surface area contributed by atoms with Gasteiger partial charge in [-0.05, 0) is 92.0 Å². The fourth-order valence-corrected chi connectivity index (χ4v) is 6.62. The number of esters is 1. The van der Waals surface area contributed by atoms with E-state index in [9.17, 15) is 9.59 Å². The van der Waals surface area contributed by atoms with Crippen LogP contribution in [0.2, 0.25) is 0 Å². The van der Waals surface area contributed by atoms with Crippen molar-refractivity contribution in [2.45, 2.75) is 26.0 Å². The Morgan fingerprint density at radius 2 is 1.85 bits per heavy atom. The van der Waals surface area contributed by atoms with E-state index >= 15 is 0 Å². The van der Waals surface area contributed by atoms with Crippen LogP contribution in [-0.4, -0.2) is 24.8 Å². The fourth-order valence-electron chi connectivity index (χ4n) is 4.67. The van der Waals surface area contributed by atoms with Gasteiger partial charge in [0.25, 0.3) is 5.56 Å². The van der Waals surface area contributed by atoms with Crippen LogP contribution in [0.4, 0.5) is 0 Å². The van der Waals surface area contributed by atoms with Crippen molar-refractivity contribution in [1.29, 1.82) is 0 Å². The number of hydrogen-bond donors (Lipinski definition) is 0. The summed E-state index contributed by atoms with van der Waals surface area (Å²) in [6, 6.07) is 20.7. The lowest BCUT2D eigenvalue weighted by atomic mass is 9.95. The maximum absolute atomic E-state index is 13.9. The second-order valence-electron chi connectivity index (χ2n) is 9.15. The van der Waals surface area contributed by atoms with Crippen molar-refractivity contribution in [3.8, 4) is 11.5 Å². The van der Waals surface area contributed by atoms with Crippen LogP contribution in [0.1, 0.15) is 36.1 Å². The maximum Gasteiger partial charge on any atom is 0.338 e. The molecule has 0 spiro atoms. The molecule has 3 aromatic carbocycles. The number of carbonyl (C=O) groups excluding carboxylic acids is 1. The Balaban J connectivity index is 1.58. The lowest BCUT2D eigenvalue weighted by Crippen LogP contribution is -2.40. The second-order valence-corrected chi connectivity index (χ2v) is 12.3. The maximum atomic E-state index is 13.9. The predicted molar refractivity (Wildman–Crippen MR) is 171 cm³/mol. The van der Waals surface area contributed by atoms with Crippen LogP contribution in [0.3, 0.4) is 0 Å². The third-order valence-corrected chi connectivity index (χ3v) is 8.90. The number of thiazole rings is 1. The number of halogens is 2. The van der Waals surface area contributed by atoms with Gasteiger partial charge in [0.2, 0.25) is 0 Å². The Labute approximate surface area is 263 Å². The van der Waals surface area contributed by atoms with Gasteiger partial charge in [-0.1, -0.05) is 60.7 Å². The number of allylic oxidation sites excluding steroid dienone is 1. The molecule has 0 unspecified atom stereocenters. The van der Waals surface area contributed by atoms with Gasteiger partial charge in [-0.15, -0.1) is 0 Å². The number of benzene rings is 3. The zero-order valence-electron chi connectivity index (χ0n) is 22.5. The molecule has 210 valence electrons. The fraction of sp³-hybridized carbons (Fsp3) is 0.194. The van der Waals surface area contributed by atoms with Crippen molar-refractivity contribution in [3.63, 3.8) is 0 Å². The number of nitrogens with zero attached hydrogens (tertiary/aromatic N) is 2. The molecule has 5 rings (SSSR count). The molecule has 1 aliphatic heterocycles. The van der Waals surface area contributed by atoms with Crippen molar-refractivity contribution >= 4 is 61.9 Å². The first kappa shape index (κ1) is 29.3. The van der Waals surface area contributed by atoms with Crippen molar-refractivity contribution in [3.05, 3.63) is 122 Å². The molecule has 0 fully saturated rings. The molecule has 2 heterocycles. The molecule has 0 radical (unpaired) electrons. The summed E-state index contributed by atoms with van der Waals surface area (Å²) in [4.78, 5) is 32.1. The number of carbonyl (C=O) groups is 1. The van der Waals surface area contributed by atoms with E-state index in [1.54, 1.807) is 17.8 Å². The first-order chi connectivity index (χ1) is 19.8. The predicted octanol–water partition coefficient (Wildman–Crippen LogP) is 5.75. The highest BCUT2D eigenvalue weighted by molar-refractivity contribution is 14.1. The lowest BCUT2D eigenvalue weighted by molar-refractivity contribution is -0.136. The minimum Gasteiger partial charge on any atom is -0.493 e. The van der Waals surface area contributed by atoms with Gasteiger partial charge in [-0.3, -0.25) is 9.36 Å². The molecule has 41 heavy (non-hydrogen) atoms. The SMILES string of the molecule is CCC1=C(C(=O)OC)[C@H](c2ccccc2)n2c(s/c(=C\c3cc(Br)c(OCc4ccc(I)cc4)c(OC)c3)c2=O)=N1. The summed E-state index contributed by atoms with van der Waals surface area (Å²) in [7, 11) is 2.92. The molecule has 0 amide bonds. The molecule has 1 atom stereocenters. The van der Waals surface area contributed by atoms with Crippen molar-refractivity contribution in [1.82, 2.24) is 4.57 Å². The first-order valence-electron chi connectivity index (χ1n) is 12.8. The van der Waals surface area contributed by atoms with E-state index in [2.05, 4.69) is 38.5 Å². The number of rotatable bonds is 8. The third kappa shape index (κ3) is 6.05. The van der Waals surface area contributed by atoms with E-state index in [-0.39, 0.29) is 5.56 Å². The smallest absolute Gasteiger partial charge is 0.338 e. The van der Waals surface area contributed by atoms with Gasteiger partial charge in [-0.2, -0.15) is 0 Å². The minimum atomic E-state index is -0.643. The molecule has 0 saturated heterocycles. The van der Waals surface area contributed by atoms with Gasteiger partial charge >= 0.3 is 5.97 Å². The first-order valence-corrected chi connectivity index (χ1v) is 15.5. The van der Waals surface area contributed by atoms with Crippen LogP contribution < -0.4 is 24.4 Å². The molecule has 10 heteroatoms. The number of aromatic nitrogens is 1. The molecule has 1 aromatic heterocycles. The topological polar surface area (TPSA) is 79.1 Å². The normalized spacial score (nSPS) is 14.9. The van der Waals surface area contributed by atoms with Gasteiger partial charge in [0.05, 0.1) is 40.5 Å².